The lowest BCUT2D eigenvalue weighted by Crippen LogP contribution is -2.37. The minimum Gasteiger partial charge on any atom is -0.493 e. The first-order valence-electron chi connectivity index (χ1n) is 5.13. The number of methoxy groups -OCH3 is 1. The smallest absolute Gasteiger partial charge is 0.229 e. The summed E-state index contributed by atoms with van der Waals surface area (Å²) < 4.78 is 4.73. The second-order valence-corrected chi connectivity index (χ2v) is 4.70. The molecule has 0 spiro atoms. The van der Waals surface area contributed by atoms with E-state index in [0.29, 0.717) is 0 Å². The number of hydrogen-bond donors (Lipinski definition) is 1. The van der Waals surface area contributed by atoms with E-state index in [1.54, 1.807) is 20.8 Å². The molecular weight excluding hydrogens is 222 g/mol. The molecule has 0 saturated carbocycles. The Kier molecular flexibility index (Phi) is 3.50. The largest absolute Gasteiger partial charge is 0.493 e. The van der Waals surface area contributed by atoms with Gasteiger partial charge >= 0.3 is 0 Å². The number of ketones is 2. The summed E-state index contributed by atoms with van der Waals surface area (Å²) >= 11 is 0. The van der Waals surface area contributed by atoms with Crippen molar-refractivity contribution in [2.45, 2.75) is 20.8 Å². The quantitative estimate of drug-likeness (QED) is 0.718. The number of rotatable bonds is 2. The van der Waals surface area contributed by atoms with E-state index in [4.69, 9.17) is 4.74 Å². The molecule has 0 heterocycles. The Balaban J connectivity index is 2.86. The Morgan fingerprint density at radius 2 is 1.76 bits per heavy atom. The van der Waals surface area contributed by atoms with Gasteiger partial charge in [-0.2, -0.15) is 0 Å². The maximum atomic E-state index is 11.7. The fourth-order valence-corrected chi connectivity index (χ4v) is 1.11. The number of hydrogen-bond acceptors (Lipinski definition) is 4. The van der Waals surface area contributed by atoms with Crippen LogP contribution in [0.3, 0.4) is 0 Å². The zero-order valence-electron chi connectivity index (χ0n) is 10.3. The van der Waals surface area contributed by atoms with Crippen molar-refractivity contribution in [3.63, 3.8) is 0 Å². The van der Waals surface area contributed by atoms with Crippen LogP contribution >= 0.6 is 0 Å². The predicted octanol–water partition coefficient (Wildman–Crippen LogP) is 0.715. The zero-order valence-corrected chi connectivity index (χ0v) is 10.3. The molecule has 1 amide bonds. The van der Waals surface area contributed by atoms with E-state index in [-0.39, 0.29) is 17.4 Å². The van der Waals surface area contributed by atoms with E-state index in [0.717, 1.165) is 12.2 Å². The molecule has 0 aromatic heterocycles. The van der Waals surface area contributed by atoms with Crippen LogP contribution < -0.4 is 5.32 Å². The predicted molar refractivity (Wildman–Crippen MR) is 60.8 cm³/mol. The lowest BCUT2D eigenvalue weighted by atomic mass is 9.95. The van der Waals surface area contributed by atoms with Crippen molar-refractivity contribution in [3.05, 3.63) is 23.6 Å². The number of carbonyl (C=O) groups is 3. The molecule has 0 bridgehead atoms. The molecule has 92 valence electrons. The van der Waals surface area contributed by atoms with Gasteiger partial charge in [0.15, 0.2) is 5.76 Å². The molecule has 0 atom stereocenters. The Morgan fingerprint density at radius 3 is 2.24 bits per heavy atom. The van der Waals surface area contributed by atoms with Gasteiger partial charge in [0, 0.05) is 17.6 Å². The summed E-state index contributed by atoms with van der Waals surface area (Å²) in [5.74, 6) is -1.22. The van der Waals surface area contributed by atoms with Gasteiger partial charge in [-0.1, -0.05) is 20.8 Å². The minimum absolute atomic E-state index is 0.0178. The summed E-state index contributed by atoms with van der Waals surface area (Å²) in [5.41, 5.74) is -0.647. The first-order valence-corrected chi connectivity index (χ1v) is 5.13. The third-order valence-electron chi connectivity index (χ3n) is 2.20. The van der Waals surface area contributed by atoms with Crippen LogP contribution in [0.2, 0.25) is 0 Å². The van der Waals surface area contributed by atoms with Crippen LogP contribution in [0.1, 0.15) is 20.8 Å². The van der Waals surface area contributed by atoms with Crippen LogP contribution in [0, 0.1) is 5.41 Å². The summed E-state index contributed by atoms with van der Waals surface area (Å²) in [7, 11) is 1.31. The third kappa shape index (κ3) is 3.03. The highest BCUT2D eigenvalue weighted by Crippen LogP contribution is 2.16. The molecular formula is C12H15NO4. The summed E-state index contributed by atoms with van der Waals surface area (Å²) in [6, 6.07) is 0. The van der Waals surface area contributed by atoms with E-state index in [1.165, 1.54) is 7.11 Å². The molecule has 0 aliphatic heterocycles. The van der Waals surface area contributed by atoms with Crippen molar-refractivity contribution < 1.29 is 19.1 Å². The highest BCUT2D eigenvalue weighted by atomic mass is 16.5. The fourth-order valence-electron chi connectivity index (χ4n) is 1.11. The van der Waals surface area contributed by atoms with Crippen LogP contribution in [0.4, 0.5) is 0 Å². The first kappa shape index (κ1) is 13.2. The lowest BCUT2D eigenvalue weighted by molar-refractivity contribution is -0.128. The standard InChI is InChI=1S/C12H15NO4/c1-12(2,3)11(16)13-7-5-9(15)10(17-4)6-8(7)14/h5-6H,1-4H3,(H,13,16). The number of ether oxygens (including phenoxy) is 1. The Labute approximate surface area is 99.5 Å². The molecule has 0 aromatic carbocycles. The topological polar surface area (TPSA) is 72.5 Å². The van der Waals surface area contributed by atoms with Gasteiger partial charge < -0.3 is 10.1 Å². The molecule has 1 aliphatic carbocycles. The van der Waals surface area contributed by atoms with Gasteiger partial charge in [0.2, 0.25) is 17.5 Å². The monoisotopic (exact) mass is 237 g/mol. The van der Waals surface area contributed by atoms with Crippen molar-refractivity contribution in [2.75, 3.05) is 7.11 Å². The lowest BCUT2D eigenvalue weighted by Gasteiger charge is -2.19. The van der Waals surface area contributed by atoms with Crippen LogP contribution in [0.15, 0.2) is 23.6 Å². The van der Waals surface area contributed by atoms with Gasteiger partial charge in [-0.3, -0.25) is 14.4 Å². The SMILES string of the molecule is COC1=CC(=O)C(NC(=O)C(C)(C)C)=CC1=O. The van der Waals surface area contributed by atoms with Crippen molar-refractivity contribution in [1.29, 1.82) is 0 Å². The number of nitrogens with one attached hydrogen (secondary N) is 1. The number of allylic oxidation sites excluding steroid dienone is 2. The summed E-state index contributed by atoms with van der Waals surface area (Å²) in [6.07, 6.45) is 2.14. The molecule has 1 N–H and O–H groups in total. The highest BCUT2D eigenvalue weighted by molar-refractivity contribution is 6.19. The van der Waals surface area contributed by atoms with Crippen molar-refractivity contribution in [2.24, 2.45) is 5.41 Å². The summed E-state index contributed by atoms with van der Waals surface area (Å²) in [6.45, 7) is 5.15. The molecule has 0 aromatic rings. The van der Waals surface area contributed by atoms with E-state index in [9.17, 15) is 14.4 Å². The van der Waals surface area contributed by atoms with Crippen LogP contribution in [-0.2, 0) is 19.1 Å². The molecule has 0 saturated heterocycles. The molecule has 0 fully saturated rings. The van der Waals surface area contributed by atoms with Gasteiger partial charge in [-0.05, 0) is 0 Å². The molecule has 5 nitrogen and oxygen atoms in total. The first-order chi connectivity index (χ1) is 7.75. The maximum Gasteiger partial charge on any atom is 0.229 e. The summed E-state index contributed by atoms with van der Waals surface area (Å²) in [5, 5.41) is 2.44. The van der Waals surface area contributed by atoms with Crippen molar-refractivity contribution >= 4 is 17.5 Å². The number of carbonyl (C=O) groups excluding carboxylic acids is 3. The Morgan fingerprint density at radius 1 is 1.18 bits per heavy atom. The molecule has 17 heavy (non-hydrogen) atoms. The Bertz CT molecular complexity index is 438. The summed E-state index contributed by atoms with van der Waals surface area (Å²) in [4.78, 5) is 34.7. The van der Waals surface area contributed by atoms with E-state index < -0.39 is 17.0 Å². The average Bonchev–Trinajstić information content (AvgIpc) is 2.21. The molecule has 1 rings (SSSR count). The number of amides is 1. The fraction of sp³-hybridized carbons (Fsp3) is 0.417. The second kappa shape index (κ2) is 4.53. The van der Waals surface area contributed by atoms with E-state index >= 15 is 0 Å². The maximum absolute atomic E-state index is 11.7. The average molecular weight is 237 g/mol. The highest BCUT2D eigenvalue weighted by Gasteiger charge is 2.27. The molecule has 0 radical (unpaired) electrons. The molecule has 1 aliphatic rings. The zero-order chi connectivity index (χ0) is 13.2. The van der Waals surface area contributed by atoms with E-state index in [1.807, 2.05) is 0 Å². The van der Waals surface area contributed by atoms with Gasteiger partial charge in [-0.15, -0.1) is 0 Å². The molecule has 5 heteroatoms. The third-order valence-corrected chi connectivity index (χ3v) is 2.20. The van der Waals surface area contributed by atoms with Gasteiger partial charge in [0.1, 0.15) is 0 Å². The normalized spacial score (nSPS) is 16.2. The van der Waals surface area contributed by atoms with Crippen LogP contribution in [0.5, 0.6) is 0 Å². The molecule has 0 unspecified atom stereocenters. The van der Waals surface area contributed by atoms with Crippen molar-refractivity contribution in [1.82, 2.24) is 5.32 Å². The van der Waals surface area contributed by atoms with Crippen LogP contribution in [-0.4, -0.2) is 24.6 Å². The van der Waals surface area contributed by atoms with Gasteiger partial charge in [0.05, 0.1) is 12.8 Å². The second-order valence-electron chi connectivity index (χ2n) is 4.70. The van der Waals surface area contributed by atoms with Gasteiger partial charge in [-0.25, -0.2) is 0 Å². The minimum atomic E-state index is -0.630. The van der Waals surface area contributed by atoms with E-state index in [2.05, 4.69) is 5.32 Å². The van der Waals surface area contributed by atoms with Gasteiger partial charge in [0.25, 0.3) is 0 Å². The Hall–Kier alpha value is -1.91. The van der Waals surface area contributed by atoms with Crippen LogP contribution in [0.25, 0.3) is 0 Å². The van der Waals surface area contributed by atoms with Crippen molar-refractivity contribution in [3.8, 4) is 0 Å².